The quantitative estimate of drug-likeness (QED) is 0.0834. The van der Waals surface area contributed by atoms with Crippen LogP contribution in [-0.4, -0.2) is 36.0 Å². The Bertz CT molecular complexity index is 5450. The normalized spacial score (nSPS) is 13.0. The Labute approximate surface area is 597 Å². The Morgan fingerprint density at radius 1 is 0.371 bits per heavy atom. The van der Waals surface area contributed by atoms with Crippen LogP contribution in [0.5, 0.6) is 0 Å². The first kappa shape index (κ1) is 60.1. The zero-order valence-corrected chi connectivity index (χ0v) is 57.8. The van der Waals surface area contributed by atoms with Gasteiger partial charge in [-0.05, 0) is 131 Å². The topological polar surface area (TPSA) is 80.7 Å². The summed E-state index contributed by atoms with van der Waals surface area (Å²) in [4.78, 5) is 23.6. The van der Waals surface area contributed by atoms with Crippen molar-refractivity contribution in [1.82, 2.24) is 19.1 Å². The van der Waals surface area contributed by atoms with E-state index in [9.17, 15) is 0 Å². The van der Waals surface area contributed by atoms with Crippen LogP contribution < -0.4 is 30.1 Å². The Morgan fingerprint density at radius 2 is 0.773 bits per heavy atom. The van der Waals surface area contributed by atoms with Gasteiger partial charge in [-0.1, -0.05) is 182 Å². The van der Waals surface area contributed by atoms with E-state index in [2.05, 4.69) is 240 Å². The first-order valence-corrected chi connectivity index (χ1v) is 31.9. The summed E-state index contributed by atoms with van der Waals surface area (Å²) >= 11 is 0. The molecule has 2 aliphatic rings. The molecule has 97 heavy (non-hydrogen) atoms. The molecule has 0 unspecified atom stereocenters. The number of para-hydroxylation sites is 9. The number of rotatable bonds is 13. The Balaban J connectivity index is 0.000000167. The maximum atomic E-state index is 8.08. The zero-order valence-electron chi connectivity index (χ0n) is 56.3. The third kappa shape index (κ3) is 11.9. The van der Waals surface area contributed by atoms with E-state index in [4.69, 9.17) is 19.0 Å². The molecule has 0 bridgehead atoms. The molecule has 0 saturated carbocycles. The second-order valence-corrected chi connectivity index (χ2v) is 24.0. The van der Waals surface area contributed by atoms with Crippen molar-refractivity contribution in [2.45, 2.75) is 39.5 Å². The smallest absolute Gasteiger partial charge is 0.148 e. The molecule has 4 aromatic heterocycles. The summed E-state index contributed by atoms with van der Waals surface area (Å²) in [5.74, 6) is 2.47. The Morgan fingerprint density at radius 3 is 1.25 bits per heavy atom. The van der Waals surface area contributed by atoms with E-state index >= 15 is 0 Å². The van der Waals surface area contributed by atoms with Crippen LogP contribution in [0.1, 0.15) is 54.8 Å². The number of benzene rings is 11. The van der Waals surface area contributed by atoms with Crippen molar-refractivity contribution in [2.24, 2.45) is 0 Å². The maximum absolute atomic E-state index is 8.08. The van der Waals surface area contributed by atoms with Gasteiger partial charge >= 0.3 is 0 Å². The van der Waals surface area contributed by atoms with Crippen LogP contribution >= 0.6 is 0 Å². The van der Waals surface area contributed by atoms with Crippen LogP contribution in [0.15, 0.2) is 285 Å². The van der Waals surface area contributed by atoms with E-state index in [-0.39, 0.29) is 42.1 Å². The summed E-state index contributed by atoms with van der Waals surface area (Å²) in [6, 6.07) is 107. The van der Waals surface area contributed by atoms with Crippen molar-refractivity contribution in [2.75, 3.05) is 37.0 Å². The van der Waals surface area contributed by atoms with Crippen molar-refractivity contribution in [3.05, 3.63) is 321 Å². The molecule has 15 aromatic rings. The third-order valence-corrected chi connectivity index (χ3v) is 17.5. The minimum Gasteiger partial charge on any atom is -0.358 e. The van der Waals surface area contributed by atoms with Crippen LogP contribution in [-0.2, 0) is 42.1 Å². The van der Waals surface area contributed by atoms with Crippen molar-refractivity contribution >= 4 is 118 Å². The average Bonchev–Trinajstić information content (AvgIpc) is 1.59. The van der Waals surface area contributed by atoms with Gasteiger partial charge in [0.05, 0.1) is 11.1 Å². The number of fused-ring (bicyclic) bond motifs is 8. The molecular formula is C83H66N10O2Pt2-2. The van der Waals surface area contributed by atoms with Crippen LogP contribution in [0.25, 0.3) is 55.2 Å². The first-order valence-electron chi connectivity index (χ1n) is 33.4. The monoisotopic (exact) mass is 1630 g/mol. The molecule has 12 nitrogen and oxygen atoms in total. The number of hydroxylamine groups is 1. The van der Waals surface area contributed by atoms with Crippen molar-refractivity contribution in [3.8, 4) is 11.6 Å². The minimum absolute atomic E-state index is 0. The van der Waals surface area contributed by atoms with Gasteiger partial charge in [-0.15, -0.1) is 86.6 Å². The van der Waals surface area contributed by atoms with Crippen LogP contribution in [0, 0.1) is 24.3 Å². The van der Waals surface area contributed by atoms with Gasteiger partial charge in [-0.3, -0.25) is 0 Å². The van der Waals surface area contributed by atoms with E-state index in [1.165, 1.54) is 16.5 Å². The van der Waals surface area contributed by atoms with Gasteiger partial charge < -0.3 is 18.9 Å². The standard InChI is InChI=1S/C44H33N5O.C39H31N5O.2Pt/c1-31(2)32-26-27-45-44(28-32)47-40-21-10-9-20-38(40)39-25-24-36(30-43(39)47)46(33-14-5-3-6-15-33)35-18-13-19-37(29-35)49-42-23-12-11-22-41(42)48(50-49)34-16-7-4-8-17-34;1-27(2)28-22-23-40-39(24-28)43-35-17-8-7-16-33(35)34-21-20-31(26-38(34)43)42(29-12-5-4-6-13-29)30-14-11-15-32(25-30)44-37-19-10-9-18-36(37)41(3)45-44;;/h3-28,31H,1-2H3;4-24,27H,1-3H3;;/q2*-2;;/p+2/i;3D3;;. The molecule has 0 fully saturated rings. The van der Waals surface area contributed by atoms with Crippen molar-refractivity contribution in [1.29, 1.82) is 0 Å². The predicted molar refractivity (Wildman–Crippen MR) is 388 cm³/mol. The first-order chi connectivity index (χ1) is 47.9. The molecule has 0 amide bonds. The second-order valence-electron chi connectivity index (χ2n) is 24.0. The molecule has 0 spiro atoms. The van der Waals surface area contributed by atoms with Crippen LogP contribution in [0.2, 0.25) is 0 Å². The summed E-state index contributed by atoms with van der Waals surface area (Å²) in [5, 5.41) is 11.2. The average molecular weight is 1630 g/mol. The summed E-state index contributed by atoms with van der Waals surface area (Å²) in [6.07, 6.45) is 3.78. The largest absolute Gasteiger partial charge is 0.358 e. The molecule has 11 aromatic carbocycles. The summed E-state index contributed by atoms with van der Waals surface area (Å²) in [6.45, 7) is 6.36. The fourth-order valence-corrected chi connectivity index (χ4v) is 12.8. The van der Waals surface area contributed by atoms with Gasteiger partial charge in [0.2, 0.25) is 0 Å². The molecule has 2 N–H and O–H groups in total. The zero-order chi connectivity index (χ0) is 66.6. The van der Waals surface area contributed by atoms with E-state index in [0.717, 1.165) is 112 Å². The minimum atomic E-state index is -2.44. The summed E-state index contributed by atoms with van der Waals surface area (Å²) < 4.78 is 28.7. The van der Waals surface area contributed by atoms with Gasteiger partial charge in [0, 0.05) is 88.3 Å². The third-order valence-electron chi connectivity index (χ3n) is 17.5. The van der Waals surface area contributed by atoms with Crippen LogP contribution in [0.3, 0.4) is 0 Å². The molecule has 0 aliphatic carbocycles. The molecule has 6 heterocycles. The number of hydrogen-bond acceptors (Lipinski definition) is 8. The molecule has 0 saturated heterocycles. The summed E-state index contributed by atoms with van der Waals surface area (Å²) in [7, 11) is 0. The second kappa shape index (κ2) is 27.3. The molecule has 0 atom stereocenters. The molecule has 17 rings (SSSR count). The predicted octanol–water partition coefficient (Wildman–Crippen LogP) is 21.3. The Hall–Kier alpha value is -10.6. The van der Waals surface area contributed by atoms with Gasteiger partial charge in [-0.25, -0.2) is 9.97 Å². The summed E-state index contributed by atoms with van der Waals surface area (Å²) in [5.41, 5.74) is 17.4. The Kier molecular flexibility index (Phi) is 16.9. The number of aromatic nitrogens is 4. The number of hydrogen-bond donors (Lipinski definition) is 0. The van der Waals surface area contributed by atoms with Gasteiger partial charge in [0.25, 0.3) is 0 Å². The van der Waals surface area contributed by atoms with E-state index in [0.29, 0.717) is 28.9 Å². The number of nitrogens with zero attached hydrogens (tertiary/aromatic N) is 10. The molecule has 2 aliphatic heterocycles. The number of anilines is 13. The van der Waals surface area contributed by atoms with E-state index in [1.54, 1.807) is 11.1 Å². The van der Waals surface area contributed by atoms with Crippen LogP contribution in [0.4, 0.5) is 73.9 Å². The van der Waals surface area contributed by atoms with E-state index in [1.807, 2.05) is 126 Å². The SMILES string of the molecule is CC(C)c1ccnc(-n2c3[c-]c(N(c4[c-]c(N5[OH+]N(c6ccccc6)c6ccccc65)ccc4)c4ccccc4)ccc3c3ccccc32)c1.[2H]C([2H])([2H])N1[OH+]N(c2[c-]c(N(c3[c-]c4c(cc3)c3ccccc3n4-c3cc(C(C)C)ccn3)c3ccccc3)ccc2)c2ccccc21.[Pt].[Pt]. The number of pyridine rings is 2. The van der Waals surface area contributed by atoms with Crippen molar-refractivity contribution in [3.63, 3.8) is 0 Å². The fraction of sp³-hybridized carbons (Fsp3) is 0.0843. The van der Waals surface area contributed by atoms with Gasteiger partial charge in [-0.2, -0.15) is 34.1 Å². The maximum Gasteiger partial charge on any atom is 0.148 e. The van der Waals surface area contributed by atoms with Gasteiger partial charge in [0.1, 0.15) is 40.1 Å². The van der Waals surface area contributed by atoms with E-state index < -0.39 is 6.98 Å². The fourth-order valence-electron chi connectivity index (χ4n) is 12.8. The van der Waals surface area contributed by atoms with Crippen molar-refractivity contribution < 1.29 is 56.1 Å². The molecular weight excluding hydrogens is 1560 g/mol. The molecule has 14 heteroatoms. The molecule has 0 radical (unpaired) electrons. The molecule has 482 valence electrons. The van der Waals surface area contributed by atoms with Gasteiger partial charge in [0.15, 0.2) is 0 Å².